The first kappa shape index (κ1) is 21.5. The fourth-order valence-corrected chi connectivity index (χ4v) is 4.19. The van der Waals surface area contributed by atoms with E-state index in [-0.39, 0.29) is 17.7 Å². The molecule has 2 saturated heterocycles. The second-order valence-corrected chi connectivity index (χ2v) is 8.55. The number of carbonyl (C=O) groups is 2. The zero-order valence-corrected chi connectivity index (χ0v) is 17.7. The molecule has 0 radical (unpaired) electrons. The Kier molecular flexibility index (Phi) is 7.81. The van der Waals surface area contributed by atoms with E-state index < -0.39 is 0 Å². The summed E-state index contributed by atoms with van der Waals surface area (Å²) in [5.41, 5.74) is 1.03. The molecule has 2 aliphatic rings. The van der Waals surface area contributed by atoms with Gasteiger partial charge >= 0.3 is 0 Å². The maximum Gasteiger partial charge on any atom is 0.246 e. The van der Waals surface area contributed by atoms with Crippen LogP contribution in [0.4, 0.5) is 0 Å². The summed E-state index contributed by atoms with van der Waals surface area (Å²) in [5.74, 6) is 0.803. The number of pyridine rings is 1. The molecule has 3 heterocycles. The van der Waals surface area contributed by atoms with Crippen LogP contribution >= 0.6 is 0 Å². The van der Waals surface area contributed by atoms with Gasteiger partial charge in [-0.1, -0.05) is 26.0 Å². The van der Waals surface area contributed by atoms with Gasteiger partial charge < -0.3 is 15.1 Å². The van der Waals surface area contributed by atoms with Crippen LogP contribution in [0.15, 0.2) is 36.7 Å². The third-order valence-electron chi connectivity index (χ3n) is 6.01. The molecule has 3 rings (SSSR count). The highest BCUT2D eigenvalue weighted by Gasteiger charge is 2.31. The molecule has 6 nitrogen and oxygen atoms in total. The molecular formula is C23H34N4O2. The first-order valence-corrected chi connectivity index (χ1v) is 10.9. The van der Waals surface area contributed by atoms with E-state index in [9.17, 15) is 9.59 Å². The van der Waals surface area contributed by atoms with Gasteiger partial charge in [0, 0.05) is 44.0 Å². The van der Waals surface area contributed by atoms with Gasteiger partial charge in [0.1, 0.15) is 0 Å². The van der Waals surface area contributed by atoms with Gasteiger partial charge in [0.15, 0.2) is 0 Å². The van der Waals surface area contributed by atoms with E-state index in [2.05, 4.69) is 29.0 Å². The van der Waals surface area contributed by atoms with Crippen molar-refractivity contribution in [3.63, 3.8) is 0 Å². The molecule has 0 unspecified atom stereocenters. The summed E-state index contributed by atoms with van der Waals surface area (Å²) in [4.78, 5) is 33.3. The van der Waals surface area contributed by atoms with Crippen molar-refractivity contribution in [1.29, 1.82) is 0 Å². The average Bonchev–Trinajstić information content (AvgIpc) is 2.76. The van der Waals surface area contributed by atoms with Crippen LogP contribution in [0.25, 0.3) is 0 Å². The van der Waals surface area contributed by atoms with Crippen LogP contribution in [-0.4, -0.2) is 58.8 Å². The maximum absolute atomic E-state index is 12.5. The molecule has 0 saturated carbocycles. The van der Waals surface area contributed by atoms with Gasteiger partial charge in [-0.3, -0.25) is 14.6 Å². The molecule has 0 aromatic carbocycles. The van der Waals surface area contributed by atoms with Crippen molar-refractivity contribution in [1.82, 2.24) is 20.1 Å². The number of allylic oxidation sites excluding steroid dienone is 1. The predicted octanol–water partition coefficient (Wildman–Crippen LogP) is 2.61. The van der Waals surface area contributed by atoms with Crippen LogP contribution in [0, 0.1) is 11.8 Å². The van der Waals surface area contributed by atoms with E-state index in [0.29, 0.717) is 18.5 Å². The lowest BCUT2D eigenvalue weighted by atomic mass is 9.92. The molecule has 2 aliphatic heterocycles. The molecule has 6 heteroatoms. The number of nitrogens with one attached hydrogen (secondary N) is 1. The lowest BCUT2D eigenvalue weighted by Gasteiger charge is -2.41. The monoisotopic (exact) mass is 398 g/mol. The SMILES string of the molecule is CC(C)/C=C/C(=O)N1CCC(N2CCC(C(=O)NCc3cccnc3)CC2)CC1. The maximum atomic E-state index is 12.5. The number of hydrogen-bond acceptors (Lipinski definition) is 4. The van der Waals surface area contributed by atoms with Gasteiger partial charge in [-0.25, -0.2) is 0 Å². The zero-order chi connectivity index (χ0) is 20.6. The van der Waals surface area contributed by atoms with Crippen molar-refractivity contribution >= 4 is 11.8 Å². The van der Waals surface area contributed by atoms with Crippen LogP contribution in [0.2, 0.25) is 0 Å². The number of amides is 2. The summed E-state index contributed by atoms with van der Waals surface area (Å²) in [7, 11) is 0. The molecule has 1 aromatic heterocycles. The first-order chi connectivity index (χ1) is 14.0. The standard InChI is InChI=1S/C23H34N4O2/c1-18(2)5-6-22(28)27-14-9-21(10-15-27)26-12-7-20(8-13-26)23(29)25-17-19-4-3-11-24-16-19/h3-6,11,16,18,20-21H,7-10,12-15,17H2,1-2H3,(H,25,29)/b6-5+. The van der Waals surface area contributed by atoms with Gasteiger partial charge in [0.2, 0.25) is 11.8 Å². The number of piperidine rings is 2. The highest BCUT2D eigenvalue weighted by atomic mass is 16.2. The highest BCUT2D eigenvalue weighted by Crippen LogP contribution is 2.24. The average molecular weight is 399 g/mol. The molecule has 0 spiro atoms. The molecule has 0 aliphatic carbocycles. The Bertz CT molecular complexity index is 688. The zero-order valence-electron chi connectivity index (χ0n) is 17.7. The number of aromatic nitrogens is 1. The normalized spacial score (nSPS) is 19.8. The van der Waals surface area contributed by atoms with E-state index in [1.54, 1.807) is 18.5 Å². The van der Waals surface area contributed by atoms with Crippen molar-refractivity contribution < 1.29 is 9.59 Å². The Labute approximate surface area is 174 Å². The van der Waals surface area contributed by atoms with Crippen molar-refractivity contribution in [2.45, 2.75) is 52.1 Å². The third kappa shape index (κ3) is 6.39. The van der Waals surface area contributed by atoms with Gasteiger partial charge in [0.25, 0.3) is 0 Å². The van der Waals surface area contributed by atoms with Crippen LogP contribution in [-0.2, 0) is 16.1 Å². The Balaban J connectivity index is 1.37. The van der Waals surface area contributed by atoms with Crippen molar-refractivity contribution in [3.05, 3.63) is 42.2 Å². The van der Waals surface area contributed by atoms with Crippen molar-refractivity contribution in [2.75, 3.05) is 26.2 Å². The lowest BCUT2D eigenvalue weighted by molar-refractivity contribution is -0.129. The summed E-state index contributed by atoms with van der Waals surface area (Å²) in [5, 5.41) is 3.05. The lowest BCUT2D eigenvalue weighted by Crippen LogP contribution is -2.50. The van der Waals surface area contributed by atoms with Crippen molar-refractivity contribution in [3.8, 4) is 0 Å². The Morgan fingerprint density at radius 2 is 1.90 bits per heavy atom. The fourth-order valence-electron chi connectivity index (χ4n) is 4.19. The largest absolute Gasteiger partial charge is 0.352 e. The molecule has 1 aromatic rings. The molecule has 29 heavy (non-hydrogen) atoms. The number of carbonyl (C=O) groups excluding carboxylic acids is 2. The molecule has 2 fully saturated rings. The minimum Gasteiger partial charge on any atom is -0.352 e. The van der Waals surface area contributed by atoms with E-state index in [1.807, 2.05) is 23.1 Å². The number of hydrogen-bond donors (Lipinski definition) is 1. The number of likely N-dealkylation sites (tertiary alicyclic amines) is 2. The van der Waals surface area contributed by atoms with Crippen molar-refractivity contribution in [2.24, 2.45) is 11.8 Å². The topological polar surface area (TPSA) is 65.5 Å². The third-order valence-corrected chi connectivity index (χ3v) is 6.01. The van der Waals surface area contributed by atoms with Gasteiger partial charge in [-0.15, -0.1) is 0 Å². The molecule has 1 N–H and O–H groups in total. The number of rotatable bonds is 6. The van der Waals surface area contributed by atoms with Crippen LogP contribution in [0.5, 0.6) is 0 Å². The summed E-state index contributed by atoms with van der Waals surface area (Å²) < 4.78 is 0. The smallest absolute Gasteiger partial charge is 0.246 e. The second kappa shape index (κ2) is 10.5. The van der Waals surface area contributed by atoms with Gasteiger partial charge in [-0.2, -0.15) is 0 Å². The van der Waals surface area contributed by atoms with Crippen LogP contribution in [0.1, 0.15) is 45.1 Å². The van der Waals surface area contributed by atoms with E-state index in [4.69, 9.17) is 0 Å². The fraction of sp³-hybridized carbons (Fsp3) is 0.609. The second-order valence-electron chi connectivity index (χ2n) is 8.55. The minimum absolute atomic E-state index is 0.103. The molecule has 2 amide bonds. The Morgan fingerprint density at radius 1 is 1.17 bits per heavy atom. The van der Waals surface area contributed by atoms with Crippen LogP contribution in [0.3, 0.4) is 0 Å². The predicted molar refractivity (Wildman–Crippen MR) is 114 cm³/mol. The summed E-state index contributed by atoms with van der Waals surface area (Å²) >= 11 is 0. The quantitative estimate of drug-likeness (QED) is 0.748. The molecule has 0 atom stereocenters. The van der Waals surface area contributed by atoms with Crippen LogP contribution < -0.4 is 5.32 Å². The molecule has 0 bridgehead atoms. The Hall–Kier alpha value is -2.21. The first-order valence-electron chi connectivity index (χ1n) is 10.9. The van der Waals surface area contributed by atoms with E-state index in [1.165, 1.54) is 0 Å². The summed E-state index contributed by atoms with van der Waals surface area (Å²) in [6.07, 6.45) is 11.1. The Morgan fingerprint density at radius 3 is 2.52 bits per heavy atom. The molecular weight excluding hydrogens is 364 g/mol. The van der Waals surface area contributed by atoms with Gasteiger partial charge in [-0.05, 0) is 62.4 Å². The highest BCUT2D eigenvalue weighted by molar-refractivity contribution is 5.87. The van der Waals surface area contributed by atoms with E-state index in [0.717, 1.165) is 57.4 Å². The summed E-state index contributed by atoms with van der Waals surface area (Å²) in [6, 6.07) is 4.40. The molecule has 158 valence electrons. The summed E-state index contributed by atoms with van der Waals surface area (Å²) in [6.45, 7) is 8.31. The number of nitrogens with zero attached hydrogens (tertiary/aromatic N) is 3. The van der Waals surface area contributed by atoms with Gasteiger partial charge in [0.05, 0.1) is 0 Å². The van der Waals surface area contributed by atoms with E-state index >= 15 is 0 Å². The minimum atomic E-state index is 0.103.